The minimum Gasteiger partial charge on any atom is -0.497 e. The number of nitrogens with zero attached hydrogens (tertiary/aromatic N) is 3. The summed E-state index contributed by atoms with van der Waals surface area (Å²) in [6.45, 7) is -0.253. The second-order valence-electron chi connectivity index (χ2n) is 5.68. The number of furan rings is 1. The van der Waals surface area contributed by atoms with Gasteiger partial charge in [-0.25, -0.2) is 9.80 Å². The van der Waals surface area contributed by atoms with Gasteiger partial charge in [0.05, 0.1) is 13.3 Å². The predicted molar refractivity (Wildman–Crippen MR) is 103 cm³/mol. The number of carbonyl (C=O) groups excluding carboxylic acids is 3. The molecule has 1 aliphatic heterocycles. The third-order valence-electron chi connectivity index (χ3n) is 3.88. The minimum atomic E-state index is -0.795. The molecule has 2 N–H and O–H groups in total. The highest BCUT2D eigenvalue weighted by atomic mass is 35.5. The van der Waals surface area contributed by atoms with Crippen LogP contribution in [0.1, 0.15) is 12.2 Å². The SMILES string of the molecule is COc1ccc(-c2ccc(/C=N/N3CC(=O)N(C(=O)CCN)C3=O)o2)cc1.Cl. The fourth-order valence-electron chi connectivity index (χ4n) is 2.52. The first-order valence-electron chi connectivity index (χ1n) is 8.19. The van der Waals surface area contributed by atoms with E-state index in [0.29, 0.717) is 16.4 Å². The molecule has 0 bridgehead atoms. The van der Waals surface area contributed by atoms with Crippen molar-refractivity contribution in [3.8, 4) is 17.1 Å². The van der Waals surface area contributed by atoms with Crippen LogP contribution in [0.25, 0.3) is 11.3 Å². The van der Waals surface area contributed by atoms with Crippen LogP contribution in [0, 0.1) is 0 Å². The molecule has 0 atom stereocenters. The molecule has 1 fully saturated rings. The normalized spacial score (nSPS) is 13.9. The molecule has 1 aliphatic rings. The van der Waals surface area contributed by atoms with Crippen LogP contribution in [0.4, 0.5) is 4.79 Å². The summed E-state index contributed by atoms with van der Waals surface area (Å²) in [7, 11) is 1.59. The molecule has 0 aliphatic carbocycles. The number of rotatable bonds is 6. The fraction of sp³-hybridized carbons (Fsp3) is 0.222. The molecule has 148 valence electrons. The van der Waals surface area contributed by atoms with Crippen LogP contribution in [0.15, 0.2) is 45.9 Å². The van der Waals surface area contributed by atoms with Crippen LogP contribution in [0.3, 0.4) is 0 Å². The number of carbonyl (C=O) groups is 3. The number of hydrazone groups is 1. The van der Waals surface area contributed by atoms with Crippen LogP contribution in [-0.2, 0) is 9.59 Å². The highest BCUT2D eigenvalue weighted by Crippen LogP contribution is 2.24. The molecule has 10 heteroatoms. The molecule has 28 heavy (non-hydrogen) atoms. The standard InChI is InChI=1S/C18H18N4O5.ClH/c1-26-13-4-2-12(3-5-13)15-7-6-14(27-15)10-20-21-11-17(24)22(18(21)25)16(23)8-9-19;/h2-7,10H,8-9,11,19H2,1H3;1H/b20-10+;. The first-order chi connectivity index (χ1) is 13.0. The molecule has 3 rings (SSSR count). The molecule has 2 heterocycles. The van der Waals surface area contributed by atoms with Gasteiger partial charge in [-0.1, -0.05) is 0 Å². The van der Waals surface area contributed by atoms with E-state index in [1.807, 2.05) is 24.3 Å². The Kier molecular flexibility index (Phi) is 6.91. The molecule has 0 saturated carbocycles. The van der Waals surface area contributed by atoms with E-state index in [1.165, 1.54) is 6.21 Å². The molecule has 1 saturated heterocycles. The van der Waals surface area contributed by atoms with Crippen LogP contribution in [0.2, 0.25) is 0 Å². The highest BCUT2D eigenvalue weighted by molar-refractivity contribution is 6.15. The smallest absolute Gasteiger partial charge is 0.354 e. The summed E-state index contributed by atoms with van der Waals surface area (Å²) in [5.74, 6) is 0.479. The van der Waals surface area contributed by atoms with Crippen molar-refractivity contribution in [2.24, 2.45) is 10.8 Å². The Morgan fingerprint density at radius 3 is 2.61 bits per heavy atom. The topological polar surface area (TPSA) is 118 Å². The van der Waals surface area contributed by atoms with Gasteiger partial charge < -0.3 is 14.9 Å². The van der Waals surface area contributed by atoms with E-state index in [0.717, 1.165) is 16.3 Å². The number of methoxy groups -OCH3 is 1. The van der Waals surface area contributed by atoms with Crippen LogP contribution < -0.4 is 10.5 Å². The monoisotopic (exact) mass is 406 g/mol. The summed E-state index contributed by atoms with van der Waals surface area (Å²) in [5.41, 5.74) is 6.14. The first-order valence-corrected chi connectivity index (χ1v) is 8.19. The number of halogens is 1. The van der Waals surface area contributed by atoms with Crippen molar-refractivity contribution in [2.45, 2.75) is 6.42 Å². The van der Waals surface area contributed by atoms with Crippen molar-refractivity contribution in [1.82, 2.24) is 9.91 Å². The molecule has 0 unspecified atom stereocenters. The van der Waals surface area contributed by atoms with Crippen molar-refractivity contribution in [1.29, 1.82) is 0 Å². The Morgan fingerprint density at radius 2 is 1.96 bits per heavy atom. The van der Waals surface area contributed by atoms with Gasteiger partial charge in [-0.2, -0.15) is 10.0 Å². The highest BCUT2D eigenvalue weighted by Gasteiger charge is 2.40. The van der Waals surface area contributed by atoms with Gasteiger partial charge >= 0.3 is 6.03 Å². The zero-order valence-corrected chi connectivity index (χ0v) is 15.8. The lowest BCUT2D eigenvalue weighted by Crippen LogP contribution is -2.38. The number of imide groups is 3. The van der Waals surface area contributed by atoms with E-state index >= 15 is 0 Å². The van der Waals surface area contributed by atoms with E-state index < -0.39 is 17.8 Å². The van der Waals surface area contributed by atoms with E-state index in [-0.39, 0.29) is 31.9 Å². The summed E-state index contributed by atoms with van der Waals surface area (Å²) in [4.78, 5) is 36.4. The van der Waals surface area contributed by atoms with Gasteiger partial charge in [-0.15, -0.1) is 12.4 Å². The Hall–Kier alpha value is -3.17. The maximum atomic E-state index is 12.2. The molecule has 1 aromatic carbocycles. The molecule has 9 nitrogen and oxygen atoms in total. The van der Waals surface area contributed by atoms with E-state index in [1.54, 1.807) is 19.2 Å². The summed E-state index contributed by atoms with van der Waals surface area (Å²) in [6.07, 6.45) is 1.23. The maximum Gasteiger partial charge on any atom is 0.354 e. The van der Waals surface area contributed by atoms with Crippen molar-refractivity contribution in [2.75, 3.05) is 20.2 Å². The molecular weight excluding hydrogens is 388 g/mol. The Balaban J connectivity index is 0.00000280. The minimum absolute atomic E-state index is 0. The fourth-order valence-corrected chi connectivity index (χ4v) is 2.52. The van der Waals surface area contributed by atoms with Gasteiger partial charge in [-0.3, -0.25) is 9.59 Å². The maximum absolute atomic E-state index is 12.2. The van der Waals surface area contributed by atoms with Crippen molar-refractivity contribution in [3.05, 3.63) is 42.2 Å². The number of urea groups is 1. The second kappa shape index (κ2) is 9.16. The van der Waals surface area contributed by atoms with Crippen LogP contribution in [-0.4, -0.2) is 54.2 Å². The van der Waals surface area contributed by atoms with Gasteiger partial charge in [-0.05, 0) is 36.4 Å². The third kappa shape index (κ3) is 4.38. The van der Waals surface area contributed by atoms with Crippen molar-refractivity contribution >= 4 is 36.5 Å². The largest absolute Gasteiger partial charge is 0.497 e. The molecule has 2 aromatic rings. The summed E-state index contributed by atoms with van der Waals surface area (Å²) >= 11 is 0. The molecular formula is C18H19ClN4O5. The Morgan fingerprint density at radius 1 is 1.25 bits per heavy atom. The molecule has 0 spiro atoms. The number of nitrogens with two attached hydrogens (primary N) is 1. The van der Waals surface area contributed by atoms with Crippen LogP contribution >= 0.6 is 12.4 Å². The number of ether oxygens (including phenoxy) is 1. The third-order valence-corrected chi connectivity index (χ3v) is 3.88. The first kappa shape index (κ1) is 21.1. The average Bonchev–Trinajstić information content (AvgIpc) is 3.24. The average molecular weight is 407 g/mol. The van der Waals surface area contributed by atoms with Crippen LogP contribution in [0.5, 0.6) is 5.75 Å². The van der Waals surface area contributed by atoms with E-state index in [2.05, 4.69) is 5.10 Å². The number of hydrogen-bond donors (Lipinski definition) is 1. The van der Waals surface area contributed by atoms with Crippen molar-refractivity contribution in [3.63, 3.8) is 0 Å². The summed E-state index contributed by atoms with van der Waals surface area (Å²) in [6, 6.07) is 9.97. The zero-order chi connectivity index (χ0) is 19.4. The Bertz CT molecular complexity index is 894. The lowest BCUT2D eigenvalue weighted by Gasteiger charge is -2.11. The van der Waals surface area contributed by atoms with E-state index in [4.69, 9.17) is 14.9 Å². The molecule has 4 amide bonds. The second-order valence-corrected chi connectivity index (χ2v) is 5.68. The summed E-state index contributed by atoms with van der Waals surface area (Å²) < 4.78 is 10.8. The summed E-state index contributed by atoms with van der Waals surface area (Å²) in [5, 5.41) is 4.86. The van der Waals surface area contributed by atoms with Gasteiger partial charge in [0.1, 0.15) is 23.8 Å². The quantitative estimate of drug-likeness (QED) is 0.577. The van der Waals surface area contributed by atoms with Crippen molar-refractivity contribution < 1.29 is 23.5 Å². The Labute approximate surface area is 167 Å². The van der Waals surface area contributed by atoms with E-state index in [9.17, 15) is 14.4 Å². The number of hydrogen-bond acceptors (Lipinski definition) is 7. The molecule has 0 radical (unpaired) electrons. The lowest BCUT2D eigenvalue weighted by molar-refractivity contribution is -0.138. The number of benzene rings is 1. The van der Waals surface area contributed by atoms with Gasteiger partial charge in [0.2, 0.25) is 5.91 Å². The van der Waals surface area contributed by atoms with Gasteiger partial charge in [0.25, 0.3) is 5.91 Å². The van der Waals surface area contributed by atoms with Gasteiger partial charge in [0.15, 0.2) is 0 Å². The lowest BCUT2D eigenvalue weighted by atomic mass is 10.2. The predicted octanol–water partition coefficient (Wildman–Crippen LogP) is 1.85. The van der Waals surface area contributed by atoms with Gasteiger partial charge in [0, 0.05) is 18.5 Å². The zero-order valence-electron chi connectivity index (χ0n) is 15.0. The molecule has 1 aromatic heterocycles. The number of amides is 4.